The molecule has 0 heterocycles. The lowest BCUT2D eigenvalue weighted by Gasteiger charge is -2.03. The number of alkyl halides is 2. The SMILES string of the molecule is C=C(CCl)CSCCCSCC(=C)CCl. The van der Waals surface area contributed by atoms with E-state index in [2.05, 4.69) is 13.2 Å². The van der Waals surface area contributed by atoms with E-state index in [1.165, 1.54) is 17.9 Å². The molecule has 0 unspecified atom stereocenters. The molecule has 0 amide bonds. The van der Waals surface area contributed by atoms with Gasteiger partial charge >= 0.3 is 0 Å². The predicted octanol–water partition coefficient (Wildman–Crippen LogP) is 4.43. The molecule has 15 heavy (non-hydrogen) atoms. The predicted molar refractivity (Wildman–Crippen MR) is 79.0 cm³/mol. The lowest BCUT2D eigenvalue weighted by atomic mass is 10.4. The van der Waals surface area contributed by atoms with Crippen LogP contribution >= 0.6 is 46.7 Å². The average Bonchev–Trinajstić information content (AvgIpc) is 2.26. The van der Waals surface area contributed by atoms with Gasteiger partial charge in [-0.1, -0.05) is 24.3 Å². The molecule has 0 spiro atoms. The first-order valence-electron chi connectivity index (χ1n) is 4.81. The van der Waals surface area contributed by atoms with Crippen molar-refractivity contribution in [3.05, 3.63) is 24.3 Å². The molecule has 0 bridgehead atoms. The van der Waals surface area contributed by atoms with Crippen LogP contribution in [-0.2, 0) is 0 Å². The monoisotopic (exact) mass is 284 g/mol. The van der Waals surface area contributed by atoms with Crippen LogP contribution in [0.15, 0.2) is 24.3 Å². The summed E-state index contributed by atoms with van der Waals surface area (Å²) in [4.78, 5) is 0. The Balaban J connectivity index is 3.11. The Bertz CT molecular complexity index is 173. The summed E-state index contributed by atoms with van der Waals surface area (Å²) in [5.41, 5.74) is 2.23. The zero-order chi connectivity index (χ0) is 11.5. The summed E-state index contributed by atoms with van der Waals surface area (Å²) in [5, 5.41) is 0. The molecule has 0 aromatic carbocycles. The van der Waals surface area contributed by atoms with Crippen LogP contribution in [0.2, 0.25) is 0 Å². The number of hydrogen-bond donors (Lipinski definition) is 0. The van der Waals surface area contributed by atoms with Crippen molar-refractivity contribution in [1.29, 1.82) is 0 Å². The Morgan fingerprint density at radius 1 is 0.867 bits per heavy atom. The van der Waals surface area contributed by atoms with Crippen LogP contribution in [0.1, 0.15) is 6.42 Å². The summed E-state index contributed by atoms with van der Waals surface area (Å²) < 4.78 is 0. The number of rotatable bonds is 10. The van der Waals surface area contributed by atoms with Gasteiger partial charge in [-0.2, -0.15) is 23.5 Å². The molecule has 0 aliphatic heterocycles. The van der Waals surface area contributed by atoms with E-state index in [-0.39, 0.29) is 0 Å². The van der Waals surface area contributed by atoms with Crippen molar-refractivity contribution in [2.75, 3.05) is 34.8 Å². The number of thioether (sulfide) groups is 2. The lowest BCUT2D eigenvalue weighted by Crippen LogP contribution is -1.92. The first-order valence-corrected chi connectivity index (χ1v) is 8.19. The van der Waals surface area contributed by atoms with E-state index in [1.54, 1.807) is 0 Å². The van der Waals surface area contributed by atoms with Gasteiger partial charge in [0.2, 0.25) is 0 Å². The average molecular weight is 285 g/mol. The van der Waals surface area contributed by atoms with Gasteiger partial charge in [0.15, 0.2) is 0 Å². The van der Waals surface area contributed by atoms with Crippen molar-refractivity contribution in [3.8, 4) is 0 Å². The molecular weight excluding hydrogens is 267 g/mol. The smallest absolute Gasteiger partial charge is 0.0439 e. The molecule has 88 valence electrons. The minimum absolute atomic E-state index is 0.581. The second kappa shape index (κ2) is 11.3. The molecule has 0 N–H and O–H groups in total. The van der Waals surface area contributed by atoms with E-state index in [0.29, 0.717) is 11.8 Å². The van der Waals surface area contributed by atoms with Crippen LogP contribution < -0.4 is 0 Å². The molecular formula is C11H18Cl2S2. The zero-order valence-corrected chi connectivity index (χ0v) is 12.1. The van der Waals surface area contributed by atoms with Gasteiger partial charge in [0.25, 0.3) is 0 Å². The maximum absolute atomic E-state index is 5.63. The molecule has 0 aromatic heterocycles. The van der Waals surface area contributed by atoms with Crippen LogP contribution in [0, 0.1) is 0 Å². The third-order valence-corrected chi connectivity index (χ3v) is 4.70. The largest absolute Gasteiger partial charge is 0.157 e. The Hall–Kier alpha value is 0.760. The molecule has 0 atom stereocenters. The van der Waals surface area contributed by atoms with Crippen molar-refractivity contribution in [1.82, 2.24) is 0 Å². The molecule has 0 saturated carbocycles. The third-order valence-electron chi connectivity index (χ3n) is 1.57. The normalized spacial score (nSPS) is 10.3. The molecule has 0 aliphatic rings. The molecule has 0 fully saturated rings. The summed E-state index contributed by atoms with van der Waals surface area (Å²) in [6, 6.07) is 0. The van der Waals surface area contributed by atoms with E-state index in [4.69, 9.17) is 23.2 Å². The molecule has 0 nitrogen and oxygen atoms in total. The van der Waals surface area contributed by atoms with Crippen LogP contribution in [0.3, 0.4) is 0 Å². The highest BCUT2D eigenvalue weighted by Crippen LogP contribution is 2.13. The first kappa shape index (κ1) is 15.8. The highest BCUT2D eigenvalue weighted by Gasteiger charge is 1.95. The van der Waals surface area contributed by atoms with E-state index >= 15 is 0 Å². The van der Waals surface area contributed by atoms with Gasteiger partial charge in [-0.3, -0.25) is 0 Å². The van der Waals surface area contributed by atoms with Gasteiger partial charge in [0, 0.05) is 23.3 Å². The minimum atomic E-state index is 0.581. The maximum Gasteiger partial charge on any atom is 0.0439 e. The molecule has 0 rings (SSSR count). The fourth-order valence-electron chi connectivity index (χ4n) is 0.773. The fourth-order valence-corrected chi connectivity index (χ4v) is 3.14. The van der Waals surface area contributed by atoms with E-state index in [0.717, 1.165) is 22.7 Å². The highest BCUT2D eigenvalue weighted by molar-refractivity contribution is 8.00. The molecule has 0 aliphatic carbocycles. The van der Waals surface area contributed by atoms with E-state index in [1.807, 2.05) is 23.5 Å². The molecule has 0 radical (unpaired) electrons. The second-order valence-corrected chi connectivity index (χ2v) is 5.97. The Labute approximate surface area is 112 Å². The molecule has 0 aromatic rings. The fraction of sp³-hybridized carbons (Fsp3) is 0.636. The molecule has 0 saturated heterocycles. The van der Waals surface area contributed by atoms with Crippen LogP contribution in [0.4, 0.5) is 0 Å². The van der Waals surface area contributed by atoms with Gasteiger partial charge in [-0.15, -0.1) is 23.2 Å². The minimum Gasteiger partial charge on any atom is -0.157 e. The van der Waals surface area contributed by atoms with Gasteiger partial charge in [0.05, 0.1) is 0 Å². The number of halogens is 2. The van der Waals surface area contributed by atoms with E-state index < -0.39 is 0 Å². The highest BCUT2D eigenvalue weighted by atomic mass is 35.5. The van der Waals surface area contributed by atoms with Gasteiger partial charge < -0.3 is 0 Å². The molecule has 4 heteroatoms. The standard InChI is InChI=1S/C11H18Cl2S2/c1-10(6-12)8-14-4-3-5-15-9-11(2)7-13/h1-9H2. The van der Waals surface area contributed by atoms with Crippen molar-refractivity contribution < 1.29 is 0 Å². The quantitative estimate of drug-likeness (QED) is 0.331. The van der Waals surface area contributed by atoms with Crippen molar-refractivity contribution in [3.63, 3.8) is 0 Å². The van der Waals surface area contributed by atoms with Crippen molar-refractivity contribution >= 4 is 46.7 Å². The van der Waals surface area contributed by atoms with E-state index in [9.17, 15) is 0 Å². The third kappa shape index (κ3) is 11.0. The first-order chi connectivity index (χ1) is 7.20. The summed E-state index contributed by atoms with van der Waals surface area (Å²) in [7, 11) is 0. The summed E-state index contributed by atoms with van der Waals surface area (Å²) in [6.45, 7) is 7.71. The van der Waals surface area contributed by atoms with Crippen LogP contribution in [0.5, 0.6) is 0 Å². The van der Waals surface area contributed by atoms with Crippen molar-refractivity contribution in [2.24, 2.45) is 0 Å². The summed E-state index contributed by atoms with van der Waals surface area (Å²) in [6.07, 6.45) is 1.22. The summed E-state index contributed by atoms with van der Waals surface area (Å²) >= 11 is 15.1. The Morgan fingerprint density at radius 3 is 1.60 bits per heavy atom. The lowest BCUT2D eigenvalue weighted by molar-refractivity contribution is 1.12. The van der Waals surface area contributed by atoms with Gasteiger partial charge in [-0.05, 0) is 17.9 Å². The van der Waals surface area contributed by atoms with Crippen LogP contribution in [-0.4, -0.2) is 34.8 Å². The van der Waals surface area contributed by atoms with Gasteiger partial charge in [0.1, 0.15) is 0 Å². The second-order valence-electron chi connectivity index (χ2n) is 3.23. The van der Waals surface area contributed by atoms with Gasteiger partial charge in [-0.25, -0.2) is 0 Å². The maximum atomic E-state index is 5.63. The Kier molecular flexibility index (Phi) is 11.8. The topological polar surface area (TPSA) is 0 Å². The Morgan fingerprint density at radius 2 is 1.27 bits per heavy atom. The van der Waals surface area contributed by atoms with Crippen LogP contribution in [0.25, 0.3) is 0 Å². The summed E-state index contributed by atoms with van der Waals surface area (Å²) in [5.74, 6) is 5.49. The zero-order valence-electron chi connectivity index (χ0n) is 8.94. The van der Waals surface area contributed by atoms with Crippen molar-refractivity contribution in [2.45, 2.75) is 6.42 Å². The number of hydrogen-bond acceptors (Lipinski definition) is 2.